The van der Waals surface area contributed by atoms with Crippen molar-refractivity contribution >= 4 is 29.2 Å². The number of amides is 1. The highest BCUT2D eigenvalue weighted by molar-refractivity contribution is 5.86. The van der Waals surface area contributed by atoms with Crippen molar-refractivity contribution in [3.63, 3.8) is 0 Å². The summed E-state index contributed by atoms with van der Waals surface area (Å²) in [6.45, 7) is 2.27. The van der Waals surface area contributed by atoms with Gasteiger partial charge in [-0.15, -0.1) is 12.4 Å². The van der Waals surface area contributed by atoms with Crippen LogP contribution in [0.5, 0.6) is 0 Å². The lowest BCUT2D eigenvalue weighted by molar-refractivity contribution is -0.134. The molecule has 0 aliphatic carbocycles. The zero-order chi connectivity index (χ0) is 16.2. The van der Waals surface area contributed by atoms with Crippen LogP contribution in [0.2, 0.25) is 0 Å². The number of halogens is 1. The molecular formula is C18H26ClN3O2. The number of rotatable bonds is 5. The van der Waals surface area contributed by atoms with Crippen LogP contribution in [0, 0.1) is 5.92 Å². The van der Waals surface area contributed by atoms with E-state index in [-0.39, 0.29) is 18.3 Å². The number of ether oxygens (including phenoxy) is 1. The molecule has 6 heteroatoms. The summed E-state index contributed by atoms with van der Waals surface area (Å²) in [6, 6.07) is 7.61. The molecule has 1 aliphatic rings. The highest BCUT2D eigenvalue weighted by atomic mass is 35.5. The number of methoxy groups -OCH3 is 1. The van der Waals surface area contributed by atoms with Crippen molar-refractivity contribution in [3.8, 4) is 0 Å². The molecular weight excluding hydrogens is 326 g/mol. The van der Waals surface area contributed by atoms with Crippen LogP contribution < -0.4 is 5.73 Å². The van der Waals surface area contributed by atoms with Crippen LogP contribution in [0.3, 0.4) is 0 Å². The van der Waals surface area contributed by atoms with E-state index in [9.17, 15) is 4.79 Å². The summed E-state index contributed by atoms with van der Waals surface area (Å²) in [5.41, 5.74) is 8.40. The van der Waals surface area contributed by atoms with Crippen LogP contribution in [0.15, 0.2) is 30.5 Å². The lowest BCUT2D eigenvalue weighted by atomic mass is 9.97. The standard InChI is InChI=1S/C18H25N3O2.ClH/c1-23-12-13-5-4-8-21(11-13)18(22)16(19)9-14-10-20-17-7-3-2-6-15(14)17;/h2-3,6-7,10,13,16,20H,4-5,8-9,11-12,19H2,1H3;1H/t13?,16-;/m0./s1. The largest absolute Gasteiger partial charge is 0.384 e. The van der Waals surface area contributed by atoms with Gasteiger partial charge in [-0.1, -0.05) is 18.2 Å². The number of likely N-dealkylation sites (tertiary alicyclic amines) is 1. The maximum atomic E-state index is 12.7. The van der Waals surface area contributed by atoms with E-state index in [0.717, 1.165) is 42.4 Å². The van der Waals surface area contributed by atoms with Gasteiger partial charge in [-0.05, 0) is 36.8 Å². The lowest BCUT2D eigenvalue weighted by Gasteiger charge is -2.34. The minimum absolute atomic E-state index is 0. The number of para-hydroxylation sites is 1. The van der Waals surface area contributed by atoms with Gasteiger partial charge < -0.3 is 20.4 Å². The minimum atomic E-state index is -0.490. The maximum Gasteiger partial charge on any atom is 0.239 e. The van der Waals surface area contributed by atoms with Gasteiger partial charge in [-0.2, -0.15) is 0 Å². The summed E-state index contributed by atoms with van der Waals surface area (Å²) in [7, 11) is 1.71. The zero-order valence-electron chi connectivity index (χ0n) is 14.0. The molecule has 2 atom stereocenters. The molecule has 1 aromatic heterocycles. The molecule has 0 radical (unpaired) electrons. The number of piperidine rings is 1. The molecule has 0 bridgehead atoms. The van der Waals surface area contributed by atoms with E-state index < -0.39 is 6.04 Å². The molecule has 0 saturated carbocycles. The topological polar surface area (TPSA) is 71.3 Å². The third-order valence-electron chi connectivity index (χ3n) is 4.66. The highest BCUT2D eigenvalue weighted by Crippen LogP contribution is 2.21. The Labute approximate surface area is 148 Å². The lowest BCUT2D eigenvalue weighted by Crippen LogP contribution is -2.49. The van der Waals surface area contributed by atoms with E-state index in [1.807, 2.05) is 29.3 Å². The number of benzene rings is 1. The second-order valence-corrected chi connectivity index (χ2v) is 6.42. The van der Waals surface area contributed by atoms with Gasteiger partial charge in [0.2, 0.25) is 5.91 Å². The highest BCUT2D eigenvalue weighted by Gasteiger charge is 2.27. The van der Waals surface area contributed by atoms with E-state index in [0.29, 0.717) is 18.9 Å². The van der Waals surface area contributed by atoms with Crippen molar-refractivity contribution < 1.29 is 9.53 Å². The van der Waals surface area contributed by atoms with Gasteiger partial charge in [0.1, 0.15) is 0 Å². The van der Waals surface area contributed by atoms with E-state index >= 15 is 0 Å². The second kappa shape index (κ2) is 8.51. The molecule has 3 N–H and O–H groups in total. The SMILES string of the molecule is COCC1CCCN(C(=O)[C@@H](N)Cc2c[nH]c3ccccc23)C1.Cl. The first-order chi connectivity index (χ1) is 11.2. The average Bonchev–Trinajstić information content (AvgIpc) is 2.98. The van der Waals surface area contributed by atoms with E-state index in [2.05, 4.69) is 11.1 Å². The van der Waals surface area contributed by atoms with Crippen molar-refractivity contribution in [1.82, 2.24) is 9.88 Å². The van der Waals surface area contributed by atoms with Crippen LogP contribution in [0.4, 0.5) is 0 Å². The summed E-state index contributed by atoms with van der Waals surface area (Å²) < 4.78 is 5.23. The van der Waals surface area contributed by atoms with Crippen molar-refractivity contribution in [2.75, 3.05) is 26.8 Å². The maximum absolute atomic E-state index is 12.7. The Morgan fingerprint density at radius 3 is 3.04 bits per heavy atom. The number of aromatic amines is 1. The first-order valence-electron chi connectivity index (χ1n) is 8.27. The summed E-state index contributed by atoms with van der Waals surface area (Å²) in [4.78, 5) is 17.8. The zero-order valence-corrected chi connectivity index (χ0v) is 14.8. The van der Waals surface area contributed by atoms with E-state index in [4.69, 9.17) is 10.5 Å². The molecule has 3 rings (SSSR count). The summed E-state index contributed by atoms with van der Waals surface area (Å²) in [5.74, 6) is 0.481. The molecule has 1 fully saturated rings. The average molecular weight is 352 g/mol. The van der Waals surface area contributed by atoms with E-state index in [1.165, 1.54) is 0 Å². The first kappa shape index (κ1) is 18.8. The van der Waals surface area contributed by atoms with Gasteiger partial charge in [0.25, 0.3) is 0 Å². The van der Waals surface area contributed by atoms with Crippen molar-refractivity contribution in [3.05, 3.63) is 36.0 Å². The summed E-state index contributed by atoms with van der Waals surface area (Å²) >= 11 is 0. The number of hydrogen-bond acceptors (Lipinski definition) is 3. The molecule has 1 saturated heterocycles. The van der Waals surface area contributed by atoms with Gasteiger partial charge in [0.05, 0.1) is 12.6 Å². The normalized spacial score (nSPS) is 19.1. The first-order valence-corrected chi connectivity index (χ1v) is 8.27. The Bertz CT molecular complexity index is 671. The fraction of sp³-hybridized carbons (Fsp3) is 0.500. The number of carbonyl (C=O) groups excluding carboxylic acids is 1. The van der Waals surface area contributed by atoms with Crippen molar-refractivity contribution in [1.29, 1.82) is 0 Å². The minimum Gasteiger partial charge on any atom is -0.384 e. The molecule has 1 aromatic carbocycles. The van der Waals surface area contributed by atoms with Gasteiger partial charge >= 0.3 is 0 Å². The van der Waals surface area contributed by atoms with Crippen molar-refractivity contribution in [2.45, 2.75) is 25.3 Å². The number of nitrogens with two attached hydrogens (primary N) is 1. The van der Waals surface area contributed by atoms with Gasteiger partial charge in [-0.25, -0.2) is 0 Å². The second-order valence-electron chi connectivity index (χ2n) is 6.42. The number of nitrogens with one attached hydrogen (secondary N) is 1. The Kier molecular flexibility index (Phi) is 6.66. The van der Waals surface area contributed by atoms with Gasteiger partial charge in [0.15, 0.2) is 0 Å². The Morgan fingerprint density at radius 1 is 1.46 bits per heavy atom. The number of hydrogen-bond donors (Lipinski definition) is 2. The molecule has 5 nitrogen and oxygen atoms in total. The molecule has 1 aliphatic heterocycles. The van der Waals surface area contributed by atoms with Gasteiger partial charge in [0, 0.05) is 37.3 Å². The van der Waals surface area contributed by atoms with Crippen LogP contribution in [-0.4, -0.2) is 48.6 Å². The number of nitrogens with zero attached hydrogens (tertiary/aromatic N) is 1. The van der Waals surface area contributed by atoms with Crippen LogP contribution in [0.25, 0.3) is 10.9 Å². The Balaban J connectivity index is 0.00000208. The number of aromatic nitrogens is 1. The van der Waals surface area contributed by atoms with Crippen LogP contribution in [-0.2, 0) is 16.0 Å². The number of H-pyrrole nitrogens is 1. The molecule has 0 spiro atoms. The fourth-order valence-electron chi connectivity index (χ4n) is 3.50. The number of carbonyl (C=O) groups is 1. The monoisotopic (exact) mass is 351 g/mol. The fourth-order valence-corrected chi connectivity index (χ4v) is 3.50. The summed E-state index contributed by atoms with van der Waals surface area (Å²) in [6.07, 6.45) is 4.67. The quantitative estimate of drug-likeness (QED) is 0.868. The molecule has 24 heavy (non-hydrogen) atoms. The smallest absolute Gasteiger partial charge is 0.239 e. The molecule has 1 amide bonds. The predicted molar refractivity (Wildman–Crippen MR) is 98.4 cm³/mol. The molecule has 132 valence electrons. The third kappa shape index (κ3) is 4.09. The molecule has 1 unspecified atom stereocenters. The Morgan fingerprint density at radius 2 is 2.25 bits per heavy atom. The Hall–Kier alpha value is -1.56. The van der Waals surface area contributed by atoms with E-state index in [1.54, 1.807) is 7.11 Å². The van der Waals surface area contributed by atoms with Crippen LogP contribution in [0.1, 0.15) is 18.4 Å². The predicted octanol–water partition coefficient (Wildman–Crippen LogP) is 2.34. The number of fused-ring (bicyclic) bond motifs is 1. The summed E-state index contributed by atoms with van der Waals surface area (Å²) in [5, 5.41) is 1.15. The molecule has 2 heterocycles. The van der Waals surface area contributed by atoms with Crippen molar-refractivity contribution in [2.24, 2.45) is 11.7 Å². The van der Waals surface area contributed by atoms with Crippen LogP contribution >= 0.6 is 12.4 Å². The molecule has 2 aromatic rings. The van der Waals surface area contributed by atoms with Gasteiger partial charge in [-0.3, -0.25) is 4.79 Å². The third-order valence-corrected chi connectivity index (χ3v) is 4.66.